The third-order valence-electron chi connectivity index (χ3n) is 5.70. The molecule has 1 aliphatic carbocycles. The molecule has 2 N–H and O–H groups in total. The van der Waals surface area contributed by atoms with Crippen molar-refractivity contribution in [3.05, 3.63) is 69.9 Å². The molecule has 29 heavy (non-hydrogen) atoms. The van der Waals surface area contributed by atoms with Crippen molar-refractivity contribution in [1.29, 1.82) is 0 Å². The summed E-state index contributed by atoms with van der Waals surface area (Å²) in [4.78, 5) is 28.5. The van der Waals surface area contributed by atoms with Gasteiger partial charge in [-0.05, 0) is 55.9 Å². The highest BCUT2D eigenvalue weighted by Crippen LogP contribution is 2.30. The van der Waals surface area contributed by atoms with Crippen LogP contribution in [0.5, 0.6) is 0 Å². The number of benzene rings is 1. The summed E-state index contributed by atoms with van der Waals surface area (Å²) >= 11 is 0. The van der Waals surface area contributed by atoms with Gasteiger partial charge in [-0.25, -0.2) is 9.48 Å². The van der Waals surface area contributed by atoms with Crippen LogP contribution in [0.4, 0.5) is 0 Å². The monoisotopic (exact) mass is 389 g/mol. The third kappa shape index (κ3) is 3.12. The zero-order valence-corrected chi connectivity index (χ0v) is 16.1. The molecule has 4 aromatic rings. The van der Waals surface area contributed by atoms with E-state index in [2.05, 4.69) is 21.5 Å². The van der Waals surface area contributed by atoms with Crippen LogP contribution < -0.4 is 11.0 Å². The summed E-state index contributed by atoms with van der Waals surface area (Å²) in [5.41, 5.74) is 4.73. The highest BCUT2D eigenvalue weighted by Gasteiger charge is 2.19. The number of H-pyrrole nitrogens is 1. The Morgan fingerprint density at radius 1 is 1.14 bits per heavy atom. The van der Waals surface area contributed by atoms with Crippen molar-refractivity contribution in [3.8, 4) is 0 Å². The fourth-order valence-corrected chi connectivity index (χ4v) is 4.26. The molecule has 1 amide bonds. The van der Waals surface area contributed by atoms with Crippen molar-refractivity contribution in [2.75, 3.05) is 6.54 Å². The first-order chi connectivity index (χ1) is 14.2. The van der Waals surface area contributed by atoms with Crippen LogP contribution in [0, 0.1) is 0 Å². The van der Waals surface area contributed by atoms with E-state index in [1.807, 2.05) is 18.2 Å². The Hall–Kier alpha value is -3.35. The Labute approximate surface area is 167 Å². The Morgan fingerprint density at radius 3 is 2.93 bits per heavy atom. The number of nitrogens with zero attached hydrogens (tertiary/aromatic N) is 3. The van der Waals surface area contributed by atoms with Crippen molar-refractivity contribution in [1.82, 2.24) is 24.5 Å². The first-order valence-electron chi connectivity index (χ1n) is 10.2. The van der Waals surface area contributed by atoms with E-state index >= 15 is 0 Å². The van der Waals surface area contributed by atoms with Gasteiger partial charge in [0.1, 0.15) is 0 Å². The SMILES string of the molecule is O=C(NCCCn1nc2ccccn2c1=O)c1cccc2c3c([nH]c12)CCCC3. The van der Waals surface area contributed by atoms with Gasteiger partial charge in [-0.3, -0.25) is 9.20 Å². The van der Waals surface area contributed by atoms with Gasteiger partial charge in [0.25, 0.3) is 5.91 Å². The van der Waals surface area contributed by atoms with Gasteiger partial charge >= 0.3 is 5.69 Å². The molecule has 5 rings (SSSR count). The van der Waals surface area contributed by atoms with Gasteiger partial charge in [0.15, 0.2) is 5.65 Å². The van der Waals surface area contributed by atoms with E-state index in [0.29, 0.717) is 30.7 Å². The largest absolute Gasteiger partial charge is 0.358 e. The molecule has 0 aliphatic heterocycles. The molecule has 0 atom stereocenters. The first-order valence-corrected chi connectivity index (χ1v) is 10.2. The van der Waals surface area contributed by atoms with Crippen molar-refractivity contribution in [3.63, 3.8) is 0 Å². The van der Waals surface area contributed by atoms with Crippen molar-refractivity contribution in [2.24, 2.45) is 0 Å². The van der Waals surface area contributed by atoms with E-state index in [1.165, 1.54) is 38.6 Å². The smallest absolute Gasteiger partial charge is 0.350 e. The topological polar surface area (TPSA) is 84.2 Å². The van der Waals surface area contributed by atoms with E-state index in [1.54, 1.807) is 18.3 Å². The van der Waals surface area contributed by atoms with E-state index in [-0.39, 0.29) is 11.6 Å². The highest BCUT2D eigenvalue weighted by molar-refractivity contribution is 6.06. The summed E-state index contributed by atoms with van der Waals surface area (Å²) in [5, 5.41) is 8.47. The zero-order valence-electron chi connectivity index (χ0n) is 16.1. The lowest BCUT2D eigenvalue weighted by molar-refractivity contribution is 0.0954. The van der Waals surface area contributed by atoms with Crippen molar-refractivity contribution < 1.29 is 4.79 Å². The number of aromatic amines is 1. The minimum atomic E-state index is -0.159. The highest BCUT2D eigenvalue weighted by atomic mass is 16.2. The number of carbonyl (C=O) groups is 1. The maximum atomic E-state index is 12.8. The maximum absolute atomic E-state index is 12.8. The molecule has 0 saturated carbocycles. The number of aryl methyl sites for hydroxylation is 3. The van der Waals surface area contributed by atoms with Gasteiger partial charge in [0.05, 0.1) is 11.1 Å². The molecule has 0 saturated heterocycles. The molecule has 7 nitrogen and oxygen atoms in total. The second-order valence-electron chi connectivity index (χ2n) is 7.56. The fraction of sp³-hybridized carbons (Fsp3) is 0.318. The normalized spacial score (nSPS) is 13.7. The molecule has 1 aliphatic rings. The van der Waals surface area contributed by atoms with Crippen molar-refractivity contribution in [2.45, 2.75) is 38.6 Å². The van der Waals surface area contributed by atoms with E-state index < -0.39 is 0 Å². The molecule has 1 aromatic carbocycles. The number of hydrogen-bond acceptors (Lipinski definition) is 3. The predicted octanol–water partition coefficient (Wildman–Crippen LogP) is 2.68. The lowest BCUT2D eigenvalue weighted by atomic mass is 9.95. The first kappa shape index (κ1) is 17.7. The van der Waals surface area contributed by atoms with Gasteiger partial charge in [0.2, 0.25) is 0 Å². The molecule has 148 valence electrons. The number of aromatic nitrogens is 4. The molecule has 0 unspecified atom stereocenters. The summed E-state index contributed by atoms with van der Waals surface area (Å²) in [6.07, 6.45) is 6.88. The van der Waals surface area contributed by atoms with Gasteiger partial charge in [-0.2, -0.15) is 0 Å². The lowest BCUT2D eigenvalue weighted by Crippen LogP contribution is -2.27. The van der Waals surface area contributed by atoms with Gasteiger partial charge in [-0.15, -0.1) is 5.10 Å². The average Bonchev–Trinajstić information content (AvgIpc) is 3.29. The number of fused-ring (bicyclic) bond motifs is 4. The van der Waals surface area contributed by atoms with Gasteiger partial charge in [-0.1, -0.05) is 18.2 Å². The fourth-order valence-electron chi connectivity index (χ4n) is 4.26. The molecular formula is C22H23N5O2. The minimum absolute atomic E-state index is 0.0865. The molecular weight excluding hydrogens is 366 g/mol. The molecule has 0 spiro atoms. The standard InChI is InChI=1S/C22H23N5O2/c28-21(17-9-5-8-16-15-7-1-2-10-18(15)24-20(16)17)23-12-6-14-27-22(29)26-13-4-3-11-19(26)25-27/h3-5,8-9,11,13,24H,1-2,6-7,10,12,14H2,(H,23,28). The Bertz CT molecular complexity index is 1260. The Morgan fingerprint density at radius 2 is 2.03 bits per heavy atom. The quantitative estimate of drug-likeness (QED) is 0.515. The van der Waals surface area contributed by atoms with E-state index in [0.717, 1.165) is 18.4 Å². The predicted molar refractivity (Wildman–Crippen MR) is 111 cm³/mol. The summed E-state index contributed by atoms with van der Waals surface area (Å²) in [6, 6.07) is 11.4. The maximum Gasteiger partial charge on any atom is 0.350 e. The third-order valence-corrected chi connectivity index (χ3v) is 5.70. The van der Waals surface area contributed by atoms with Gasteiger partial charge in [0, 0.05) is 30.4 Å². The molecule has 3 heterocycles. The van der Waals surface area contributed by atoms with Crippen LogP contribution in [-0.2, 0) is 19.4 Å². The Kier molecular flexibility index (Phi) is 4.42. The van der Waals surface area contributed by atoms with Crippen LogP contribution in [0.1, 0.15) is 40.9 Å². The van der Waals surface area contributed by atoms with Crippen LogP contribution in [0.3, 0.4) is 0 Å². The number of rotatable bonds is 5. The second-order valence-corrected chi connectivity index (χ2v) is 7.56. The van der Waals surface area contributed by atoms with Crippen LogP contribution in [0.2, 0.25) is 0 Å². The molecule has 0 radical (unpaired) electrons. The number of pyridine rings is 1. The summed E-state index contributed by atoms with van der Waals surface area (Å²) in [7, 11) is 0. The number of para-hydroxylation sites is 1. The minimum Gasteiger partial charge on any atom is -0.358 e. The summed E-state index contributed by atoms with van der Waals surface area (Å²) in [5.74, 6) is -0.0865. The summed E-state index contributed by atoms with van der Waals surface area (Å²) in [6.45, 7) is 0.942. The average molecular weight is 389 g/mol. The van der Waals surface area contributed by atoms with E-state index in [9.17, 15) is 9.59 Å². The molecule has 7 heteroatoms. The van der Waals surface area contributed by atoms with Crippen LogP contribution in [-0.4, -0.2) is 31.6 Å². The lowest BCUT2D eigenvalue weighted by Gasteiger charge is -2.10. The molecule has 0 fully saturated rings. The second kappa shape index (κ2) is 7.24. The van der Waals surface area contributed by atoms with Crippen LogP contribution in [0.25, 0.3) is 16.6 Å². The van der Waals surface area contributed by atoms with Crippen LogP contribution in [0.15, 0.2) is 47.4 Å². The number of hydrogen-bond donors (Lipinski definition) is 2. The van der Waals surface area contributed by atoms with E-state index in [4.69, 9.17) is 0 Å². The number of carbonyl (C=O) groups excluding carboxylic acids is 1. The van der Waals surface area contributed by atoms with Gasteiger partial charge < -0.3 is 10.3 Å². The number of amides is 1. The zero-order chi connectivity index (χ0) is 19.8. The van der Waals surface area contributed by atoms with Crippen molar-refractivity contribution >= 4 is 22.5 Å². The molecule has 3 aromatic heterocycles. The van der Waals surface area contributed by atoms with Crippen LogP contribution >= 0.6 is 0 Å². The molecule has 0 bridgehead atoms. The summed E-state index contributed by atoms with van der Waals surface area (Å²) < 4.78 is 2.97. The Balaban J connectivity index is 1.27. The number of nitrogens with one attached hydrogen (secondary N) is 2.